The van der Waals surface area contributed by atoms with E-state index in [1.54, 1.807) is 38.5 Å². The topological polar surface area (TPSA) is 167 Å². The summed E-state index contributed by atoms with van der Waals surface area (Å²) in [6.45, 7) is 7.97. The van der Waals surface area contributed by atoms with Gasteiger partial charge in [0.25, 0.3) is 5.56 Å². The van der Waals surface area contributed by atoms with Gasteiger partial charge in [0.05, 0.1) is 23.6 Å². The van der Waals surface area contributed by atoms with E-state index < -0.39 is 47.5 Å². The summed E-state index contributed by atoms with van der Waals surface area (Å²) < 4.78 is 18.7. The van der Waals surface area contributed by atoms with Crippen LogP contribution < -0.4 is 16.6 Å². The molecular formula is C23H29N5O7. The monoisotopic (exact) mass is 487 g/mol. The van der Waals surface area contributed by atoms with Gasteiger partial charge in [0.2, 0.25) is 0 Å². The molecule has 1 fully saturated rings. The Morgan fingerprint density at radius 3 is 2.63 bits per heavy atom. The fourth-order valence-electron chi connectivity index (χ4n) is 4.10. The van der Waals surface area contributed by atoms with Gasteiger partial charge in [-0.25, -0.2) is 4.99 Å². The average molecular weight is 488 g/mol. The van der Waals surface area contributed by atoms with Gasteiger partial charge in [0.1, 0.15) is 29.9 Å². The number of esters is 2. The van der Waals surface area contributed by atoms with E-state index in [0.29, 0.717) is 16.6 Å². The van der Waals surface area contributed by atoms with E-state index in [4.69, 9.17) is 19.9 Å². The molecule has 2 aliphatic rings. The highest BCUT2D eigenvalue weighted by Gasteiger charge is 2.57. The van der Waals surface area contributed by atoms with Gasteiger partial charge in [-0.3, -0.25) is 14.4 Å². The summed E-state index contributed by atoms with van der Waals surface area (Å²) in [5.41, 5.74) is 4.03. The Kier molecular flexibility index (Phi) is 6.28. The number of aromatic nitrogens is 2. The van der Waals surface area contributed by atoms with Crippen LogP contribution in [0.4, 0.5) is 17.3 Å². The van der Waals surface area contributed by atoms with Crippen molar-refractivity contribution < 1.29 is 28.9 Å². The van der Waals surface area contributed by atoms with E-state index in [0.717, 1.165) is 0 Å². The van der Waals surface area contributed by atoms with Crippen molar-refractivity contribution in [3.63, 3.8) is 0 Å². The minimum Gasteiger partial charge on any atom is -0.463 e. The van der Waals surface area contributed by atoms with Crippen LogP contribution in [0.1, 0.15) is 40.8 Å². The highest BCUT2D eigenvalue weighted by Crippen LogP contribution is 2.46. The zero-order valence-electron chi connectivity index (χ0n) is 20.1. The predicted octanol–water partition coefficient (Wildman–Crippen LogP) is 1.48. The molecule has 12 heteroatoms. The second-order valence-corrected chi connectivity index (χ2v) is 9.50. The molecule has 1 saturated heterocycles. The van der Waals surface area contributed by atoms with E-state index in [9.17, 15) is 19.5 Å². The first-order chi connectivity index (χ1) is 16.4. The van der Waals surface area contributed by atoms with Gasteiger partial charge in [0, 0.05) is 23.3 Å². The number of carbonyl (C=O) groups is 2. The largest absolute Gasteiger partial charge is 0.463 e. The smallest absolute Gasteiger partial charge is 0.308 e. The normalized spacial score (nSPS) is 25.2. The second kappa shape index (κ2) is 8.93. The lowest BCUT2D eigenvalue weighted by Gasteiger charge is -2.31. The molecule has 0 amide bonds. The Morgan fingerprint density at radius 1 is 1.29 bits per heavy atom. The SMILES string of the molecule is CC(C)C(=O)OC[C@H]1O[C@@H](n2cc3c(N)cc(=O)nc4c3c2N=CN4)[C@@](C)(O)[C@@H]1OC(=O)C(C)C. The number of aliphatic hydroxyl groups is 1. The number of nitrogens with one attached hydrogen (secondary N) is 1. The summed E-state index contributed by atoms with van der Waals surface area (Å²) in [5.74, 6) is -1.22. The summed E-state index contributed by atoms with van der Waals surface area (Å²) in [5, 5.41) is 15.4. The van der Waals surface area contributed by atoms with Crippen molar-refractivity contribution in [3.8, 4) is 0 Å². The molecule has 35 heavy (non-hydrogen) atoms. The van der Waals surface area contributed by atoms with Crippen LogP contribution in [0, 0.1) is 11.8 Å². The molecule has 4 atom stereocenters. The average Bonchev–Trinajstić information content (AvgIpc) is 3.23. The molecule has 2 aliphatic heterocycles. The van der Waals surface area contributed by atoms with E-state index in [1.807, 2.05) is 0 Å². The maximum Gasteiger partial charge on any atom is 0.308 e. The number of carbonyl (C=O) groups excluding carboxylic acids is 2. The van der Waals surface area contributed by atoms with Gasteiger partial charge in [-0.2, -0.15) is 4.98 Å². The van der Waals surface area contributed by atoms with E-state index in [2.05, 4.69) is 15.3 Å². The van der Waals surface area contributed by atoms with Crippen molar-refractivity contribution in [2.75, 3.05) is 17.7 Å². The zero-order chi connectivity index (χ0) is 25.7. The van der Waals surface area contributed by atoms with Crippen LogP contribution in [0.5, 0.6) is 0 Å². The molecule has 0 aromatic carbocycles. The number of aliphatic imine (C=N–C) groups is 1. The van der Waals surface area contributed by atoms with Crippen molar-refractivity contribution in [1.82, 2.24) is 9.55 Å². The van der Waals surface area contributed by atoms with Gasteiger partial charge >= 0.3 is 11.9 Å². The molecule has 0 unspecified atom stereocenters. The summed E-state index contributed by atoms with van der Waals surface area (Å²) >= 11 is 0. The first kappa shape index (κ1) is 24.6. The Morgan fingerprint density at radius 2 is 1.97 bits per heavy atom. The first-order valence-corrected chi connectivity index (χ1v) is 11.3. The quantitative estimate of drug-likeness (QED) is 0.508. The Labute approximate surface area is 201 Å². The van der Waals surface area contributed by atoms with E-state index in [-0.39, 0.29) is 24.0 Å². The van der Waals surface area contributed by atoms with Crippen molar-refractivity contribution >= 4 is 46.4 Å². The molecule has 4 N–H and O–H groups in total. The van der Waals surface area contributed by atoms with Crippen LogP contribution in [0.3, 0.4) is 0 Å². The number of anilines is 2. The van der Waals surface area contributed by atoms with Crippen molar-refractivity contribution in [3.05, 3.63) is 22.6 Å². The molecule has 2 aromatic heterocycles. The third-order valence-electron chi connectivity index (χ3n) is 5.99. The Hall–Kier alpha value is -3.51. The van der Waals surface area contributed by atoms with Crippen molar-refractivity contribution in [1.29, 1.82) is 0 Å². The number of hydrogen-bond acceptors (Lipinski definition) is 11. The zero-order valence-corrected chi connectivity index (χ0v) is 20.1. The van der Waals surface area contributed by atoms with Crippen molar-refractivity contribution in [2.45, 2.75) is 58.7 Å². The minimum atomic E-state index is -1.75. The molecule has 0 radical (unpaired) electrons. The highest BCUT2D eigenvalue weighted by molar-refractivity contribution is 6.10. The van der Waals surface area contributed by atoms with Crippen LogP contribution in [-0.4, -0.2) is 57.4 Å². The molecule has 4 heterocycles. The standard InChI is InChI=1S/C23H29N5O7/c1-10(2)20(30)33-8-14-17(35-21(31)11(3)4)23(5,32)22(34-14)28-7-12-13(24)6-15(29)27-18-16(12)19(28)26-9-25-18/h6-7,9-11,14,17,22,32H,8,24H2,1-5H3,(H,25,26,27,29)/t14-,17-,22-,23+/m1/s1. The van der Waals surface area contributed by atoms with E-state index >= 15 is 0 Å². The lowest BCUT2D eigenvalue weighted by molar-refractivity contribution is -0.169. The molecule has 0 bridgehead atoms. The fourth-order valence-corrected chi connectivity index (χ4v) is 4.10. The fraction of sp³-hybridized carbons (Fsp3) is 0.522. The van der Waals surface area contributed by atoms with Gasteiger partial charge in [-0.1, -0.05) is 27.7 Å². The van der Waals surface area contributed by atoms with Crippen LogP contribution in [-0.2, 0) is 23.8 Å². The lowest BCUT2D eigenvalue weighted by atomic mass is 9.96. The highest BCUT2D eigenvalue weighted by atomic mass is 16.6. The number of nitrogens with zero attached hydrogens (tertiary/aromatic N) is 3. The minimum absolute atomic E-state index is 0.172. The second-order valence-electron chi connectivity index (χ2n) is 9.50. The maximum atomic E-state index is 12.5. The molecule has 0 spiro atoms. The summed E-state index contributed by atoms with van der Waals surface area (Å²) in [7, 11) is 0. The first-order valence-electron chi connectivity index (χ1n) is 11.3. The van der Waals surface area contributed by atoms with E-state index in [1.165, 1.54) is 19.3 Å². The molecule has 188 valence electrons. The predicted molar refractivity (Wildman–Crippen MR) is 127 cm³/mol. The third kappa shape index (κ3) is 4.34. The number of ether oxygens (including phenoxy) is 3. The maximum absolute atomic E-state index is 12.5. The summed E-state index contributed by atoms with van der Waals surface area (Å²) in [4.78, 5) is 44.9. The van der Waals surface area contributed by atoms with Crippen molar-refractivity contribution in [2.24, 2.45) is 16.8 Å². The Bertz CT molecular complexity index is 1270. The number of hydrogen-bond donors (Lipinski definition) is 3. The number of rotatable bonds is 6. The molecule has 12 nitrogen and oxygen atoms in total. The molecule has 4 rings (SSSR count). The van der Waals surface area contributed by atoms with Crippen LogP contribution in [0.2, 0.25) is 0 Å². The van der Waals surface area contributed by atoms with Crippen LogP contribution >= 0.6 is 0 Å². The molecular weight excluding hydrogens is 458 g/mol. The van der Waals surface area contributed by atoms with Gasteiger partial charge in [-0.05, 0) is 6.92 Å². The van der Waals surface area contributed by atoms with Gasteiger partial charge in [-0.15, -0.1) is 0 Å². The van der Waals surface area contributed by atoms with Gasteiger partial charge in [0.15, 0.2) is 12.3 Å². The number of nitrogens with two attached hydrogens (primary N) is 1. The van der Waals surface area contributed by atoms with Gasteiger partial charge < -0.3 is 34.9 Å². The summed E-state index contributed by atoms with van der Waals surface area (Å²) in [6, 6.07) is 1.20. The Balaban J connectivity index is 1.79. The van der Waals surface area contributed by atoms with Crippen LogP contribution in [0.25, 0.3) is 10.8 Å². The molecule has 0 aliphatic carbocycles. The third-order valence-corrected chi connectivity index (χ3v) is 5.99. The molecule has 2 aromatic rings. The number of nitrogen functional groups attached to an aromatic ring is 1. The molecule has 0 saturated carbocycles. The van der Waals surface area contributed by atoms with Crippen LogP contribution in [0.15, 0.2) is 22.1 Å². The lowest BCUT2D eigenvalue weighted by Crippen LogP contribution is -2.48. The summed E-state index contributed by atoms with van der Waals surface area (Å²) in [6.07, 6.45) is -0.249.